The van der Waals surface area contributed by atoms with Crippen LogP contribution in [-0.2, 0) is 11.3 Å². The van der Waals surface area contributed by atoms with Gasteiger partial charge in [-0.2, -0.15) is 0 Å². The summed E-state index contributed by atoms with van der Waals surface area (Å²) in [6.45, 7) is 3.79. The Morgan fingerprint density at radius 3 is 2.84 bits per heavy atom. The second kappa shape index (κ2) is 5.97. The molecule has 4 heteroatoms. The van der Waals surface area contributed by atoms with Crippen LogP contribution >= 0.6 is 0 Å². The van der Waals surface area contributed by atoms with Crippen molar-refractivity contribution in [1.82, 2.24) is 4.90 Å². The highest BCUT2D eigenvalue weighted by atomic mass is 19.1. The lowest BCUT2D eigenvalue weighted by molar-refractivity contribution is -0.131. The van der Waals surface area contributed by atoms with Gasteiger partial charge in [0.25, 0.3) is 0 Å². The Balaban J connectivity index is 2.20. The molecule has 19 heavy (non-hydrogen) atoms. The Morgan fingerprint density at radius 2 is 2.26 bits per heavy atom. The topological polar surface area (TPSA) is 40.5 Å². The fourth-order valence-electron chi connectivity index (χ4n) is 2.18. The summed E-state index contributed by atoms with van der Waals surface area (Å²) >= 11 is 0. The van der Waals surface area contributed by atoms with E-state index in [0.717, 1.165) is 24.7 Å². The van der Waals surface area contributed by atoms with E-state index in [1.54, 1.807) is 6.07 Å². The van der Waals surface area contributed by atoms with Crippen molar-refractivity contribution in [2.45, 2.75) is 32.4 Å². The summed E-state index contributed by atoms with van der Waals surface area (Å²) in [4.78, 5) is 12.9. The van der Waals surface area contributed by atoms with Gasteiger partial charge in [-0.05, 0) is 48.7 Å². The number of aliphatic carboxylic acids is 1. The summed E-state index contributed by atoms with van der Waals surface area (Å²) in [5, 5.41) is 8.67. The number of carbonyl (C=O) groups is 1. The molecular formula is C15H18FNO2. The predicted octanol–water partition coefficient (Wildman–Crippen LogP) is 2.91. The van der Waals surface area contributed by atoms with Crippen molar-refractivity contribution in [2.24, 2.45) is 0 Å². The molecule has 1 aromatic rings. The number of rotatable bonds is 6. The highest BCUT2D eigenvalue weighted by Crippen LogP contribution is 2.28. The van der Waals surface area contributed by atoms with Crippen LogP contribution in [0.5, 0.6) is 0 Å². The van der Waals surface area contributed by atoms with E-state index in [9.17, 15) is 9.18 Å². The van der Waals surface area contributed by atoms with Crippen LogP contribution in [0, 0.1) is 5.82 Å². The van der Waals surface area contributed by atoms with Gasteiger partial charge in [0.15, 0.2) is 0 Å². The van der Waals surface area contributed by atoms with Gasteiger partial charge in [0.2, 0.25) is 0 Å². The first-order valence-electron chi connectivity index (χ1n) is 6.53. The summed E-state index contributed by atoms with van der Waals surface area (Å²) in [6.07, 6.45) is 4.94. The first-order chi connectivity index (χ1) is 9.10. The quantitative estimate of drug-likeness (QED) is 0.802. The zero-order valence-corrected chi connectivity index (χ0v) is 11.0. The molecule has 0 amide bonds. The standard InChI is InChI=1S/C15H18FNO2/c1-2-17(14-6-7-14)10-12-3-5-13(16)9-11(12)4-8-15(18)19/h3-5,8-9,14H,2,6-7,10H2,1H3,(H,18,19). The average molecular weight is 263 g/mol. The van der Waals surface area contributed by atoms with Crippen molar-refractivity contribution in [2.75, 3.05) is 6.54 Å². The molecule has 1 aromatic carbocycles. The molecule has 102 valence electrons. The van der Waals surface area contributed by atoms with Gasteiger partial charge in [0.1, 0.15) is 5.82 Å². The predicted molar refractivity (Wildman–Crippen MR) is 72.2 cm³/mol. The fraction of sp³-hybridized carbons (Fsp3) is 0.400. The average Bonchev–Trinajstić information content (AvgIpc) is 3.19. The van der Waals surface area contributed by atoms with E-state index in [2.05, 4.69) is 11.8 Å². The van der Waals surface area contributed by atoms with Gasteiger partial charge in [-0.15, -0.1) is 0 Å². The molecule has 0 aliphatic heterocycles. The normalized spacial score (nSPS) is 15.3. The van der Waals surface area contributed by atoms with E-state index < -0.39 is 5.97 Å². The monoisotopic (exact) mass is 263 g/mol. The molecule has 2 rings (SSSR count). The SMILES string of the molecule is CCN(Cc1ccc(F)cc1C=CC(=O)O)C1CC1. The number of carboxylic acid groups (broad SMARTS) is 1. The van der Waals surface area contributed by atoms with Gasteiger partial charge in [-0.25, -0.2) is 9.18 Å². The van der Waals surface area contributed by atoms with Gasteiger partial charge in [0, 0.05) is 18.7 Å². The lowest BCUT2D eigenvalue weighted by atomic mass is 10.1. The smallest absolute Gasteiger partial charge is 0.328 e. The number of hydrogen-bond donors (Lipinski definition) is 1. The minimum absolute atomic E-state index is 0.344. The molecule has 1 fully saturated rings. The highest BCUT2D eigenvalue weighted by Gasteiger charge is 2.27. The summed E-state index contributed by atoms with van der Waals surface area (Å²) in [6, 6.07) is 5.18. The Labute approximate surface area is 112 Å². The molecule has 0 aromatic heterocycles. The molecule has 0 spiro atoms. The second-order valence-corrected chi connectivity index (χ2v) is 4.81. The van der Waals surface area contributed by atoms with E-state index in [4.69, 9.17) is 5.11 Å². The van der Waals surface area contributed by atoms with Crippen LogP contribution in [0.15, 0.2) is 24.3 Å². The molecule has 3 nitrogen and oxygen atoms in total. The molecular weight excluding hydrogens is 245 g/mol. The number of carboxylic acids is 1. The van der Waals surface area contributed by atoms with E-state index in [0.29, 0.717) is 11.6 Å². The van der Waals surface area contributed by atoms with Crippen LogP contribution in [0.2, 0.25) is 0 Å². The van der Waals surface area contributed by atoms with Gasteiger partial charge in [-0.3, -0.25) is 4.90 Å². The lowest BCUT2D eigenvalue weighted by Crippen LogP contribution is -2.25. The van der Waals surface area contributed by atoms with Crippen LogP contribution in [-0.4, -0.2) is 28.6 Å². The zero-order chi connectivity index (χ0) is 13.8. The Kier molecular flexibility index (Phi) is 4.32. The maximum atomic E-state index is 13.3. The minimum Gasteiger partial charge on any atom is -0.478 e. The van der Waals surface area contributed by atoms with Gasteiger partial charge < -0.3 is 5.11 Å². The molecule has 0 heterocycles. The van der Waals surface area contributed by atoms with Gasteiger partial charge in [0.05, 0.1) is 0 Å². The summed E-state index contributed by atoms with van der Waals surface area (Å²) in [5.41, 5.74) is 1.61. The van der Waals surface area contributed by atoms with Crippen LogP contribution in [0.25, 0.3) is 6.08 Å². The summed E-state index contributed by atoms with van der Waals surface area (Å²) in [5.74, 6) is -1.37. The first-order valence-corrected chi connectivity index (χ1v) is 6.53. The van der Waals surface area contributed by atoms with E-state index in [-0.39, 0.29) is 5.82 Å². The number of nitrogens with zero attached hydrogens (tertiary/aromatic N) is 1. The molecule has 0 saturated heterocycles. The highest BCUT2D eigenvalue weighted by molar-refractivity contribution is 5.85. The van der Waals surface area contributed by atoms with Crippen LogP contribution in [0.4, 0.5) is 4.39 Å². The largest absolute Gasteiger partial charge is 0.478 e. The van der Waals surface area contributed by atoms with Crippen LogP contribution in [0.1, 0.15) is 30.9 Å². The molecule has 0 bridgehead atoms. The zero-order valence-electron chi connectivity index (χ0n) is 11.0. The third kappa shape index (κ3) is 3.89. The second-order valence-electron chi connectivity index (χ2n) is 4.81. The van der Waals surface area contributed by atoms with Crippen molar-refractivity contribution < 1.29 is 14.3 Å². The summed E-state index contributed by atoms with van der Waals surface area (Å²) < 4.78 is 13.3. The molecule has 0 unspecified atom stereocenters. The van der Waals surface area contributed by atoms with Gasteiger partial charge in [-0.1, -0.05) is 13.0 Å². The Hall–Kier alpha value is -1.68. The molecule has 1 aliphatic carbocycles. The fourth-order valence-corrected chi connectivity index (χ4v) is 2.18. The van der Waals surface area contributed by atoms with Crippen molar-refractivity contribution in [3.63, 3.8) is 0 Å². The molecule has 1 saturated carbocycles. The van der Waals surface area contributed by atoms with Crippen molar-refractivity contribution in [3.8, 4) is 0 Å². The van der Waals surface area contributed by atoms with Crippen molar-refractivity contribution >= 4 is 12.0 Å². The van der Waals surface area contributed by atoms with E-state index in [1.165, 1.54) is 31.1 Å². The van der Waals surface area contributed by atoms with Crippen molar-refractivity contribution in [3.05, 3.63) is 41.2 Å². The lowest BCUT2D eigenvalue weighted by Gasteiger charge is -2.21. The van der Waals surface area contributed by atoms with Crippen molar-refractivity contribution in [1.29, 1.82) is 0 Å². The van der Waals surface area contributed by atoms with Gasteiger partial charge >= 0.3 is 5.97 Å². The Morgan fingerprint density at radius 1 is 1.53 bits per heavy atom. The molecule has 0 atom stereocenters. The third-order valence-corrected chi connectivity index (χ3v) is 3.36. The third-order valence-electron chi connectivity index (χ3n) is 3.36. The maximum absolute atomic E-state index is 13.3. The Bertz CT molecular complexity index is 495. The molecule has 1 aliphatic rings. The minimum atomic E-state index is -1.02. The van der Waals surface area contributed by atoms with E-state index in [1.807, 2.05) is 0 Å². The first kappa shape index (κ1) is 13.7. The molecule has 1 N–H and O–H groups in total. The van der Waals surface area contributed by atoms with Crippen LogP contribution in [0.3, 0.4) is 0 Å². The maximum Gasteiger partial charge on any atom is 0.328 e. The number of hydrogen-bond acceptors (Lipinski definition) is 2. The van der Waals surface area contributed by atoms with Crippen LogP contribution < -0.4 is 0 Å². The summed E-state index contributed by atoms with van der Waals surface area (Å²) in [7, 11) is 0. The van der Waals surface area contributed by atoms with E-state index >= 15 is 0 Å². The number of halogens is 1. The molecule has 0 radical (unpaired) electrons. The number of benzene rings is 1.